The van der Waals surface area contributed by atoms with Gasteiger partial charge in [-0.2, -0.15) is 5.10 Å². The van der Waals surface area contributed by atoms with Gasteiger partial charge >= 0.3 is 0 Å². The van der Waals surface area contributed by atoms with Crippen LogP contribution in [0.3, 0.4) is 0 Å². The lowest BCUT2D eigenvalue weighted by Crippen LogP contribution is -2.24. The van der Waals surface area contributed by atoms with E-state index in [1.165, 1.54) is 22.3 Å². The topological polar surface area (TPSA) is 49.9 Å². The second-order valence-electron chi connectivity index (χ2n) is 7.25. The molecule has 4 rings (SSSR count). The van der Waals surface area contributed by atoms with Crippen LogP contribution in [-0.2, 0) is 13.0 Å². The van der Waals surface area contributed by atoms with Crippen molar-refractivity contribution in [1.82, 2.24) is 15.5 Å². The molecule has 0 aliphatic carbocycles. The van der Waals surface area contributed by atoms with E-state index in [0.29, 0.717) is 5.92 Å². The first kappa shape index (κ1) is 16.2. The van der Waals surface area contributed by atoms with Gasteiger partial charge in [0, 0.05) is 11.9 Å². The van der Waals surface area contributed by atoms with Gasteiger partial charge in [0.25, 0.3) is 0 Å². The van der Waals surface area contributed by atoms with E-state index in [-0.39, 0.29) is 6.10 Å². The van der Waals surface area contributed by atoms with Gasteiger partial charge in [0.15, 0.2) is 0 Å². The number of rotatable bonds is 4. The zero-order valence-corrected chi connectivity index (χ0v) is 15.1. The summed E-state index contributed by atoms with van der Waals surface area (Å²) in [5.41, 5.74) is 6.39. The van der Waals surface area contributed by atoms with E-state index in [1.54, 1.807) is 0 Å². The van der Waals surface area contributed by atoms with Crippen LogP contribution >= 0.6 is 0 Å². The maximum Gasteiger partial charge on any atom is 0.126 e. The monoisotopic (exact) mass is 335 g/mol. The molecule has 2 aromatic carbocycles. The first-order valence-corrected chi connectivity index (χ1v) is 9.05. The minimum Gasteiger partial charge on any atom is -0.485 e. The number of aromatic amines is 1. The number of hydrogen-bond acceptors (Lipinski definition) is 3. The van der Waals surface area contributed by atoms with Gasteiger partial charge in [-0.05, 0) is 66.3 Å². The van der Waals surface area contributed by atoms with E-state index >= 15 is 0 Å². The molecular weight excluding hydrogens is 310 g/mol. The van der Waals surface area contributed by atoms with Crippen molar-refractivity contribution in [2.45, 2.75) is 39.8 Å². The third-order valence-electron chi connectivity index (χ3n) is 5.17. The van der Waals surface area contributed by atoms with Gasteiger partial charge in [-0.3, -0.25) is 5.10 Å². The van der Waals surface area contributed by atoms with Crippen molar-refractivity contribution < 1.29 is 4.74 Å². The number of nitrogens with zero attached hydrogens (tertiary/aromatic N) is 1. The largest absolute Gasteiger partial charge is 0.485 e. The fraction of sp³-hybridized carbons (Fsp3) is 0.381. The van der Waals surface area contributed by atoms with Crippen molar-refractivity contribution in [2.75, 3.05) is 6.54 Å². The Morgan fingerprint density at radius 2 is 2.04 bits per heavy atom. The molecule has 0 bridgehead atoms. The number of nitrogens with one attached hydrogen (secondary N) is 2. The van der Waals surface area contributed by atoms with Crippen LogP contribution in [0.5, 0.6) is 5.75 Å². The van der Waals surface area contributed by atoms with Crippen LogP contribution < -0.4 is 10.1 Å². The zero-order valence-electron chi connectivity index (χ0n) is 15.1. The molecule has 1 atom stereocenters. The summed E-state index contributed by atoms with van der Waals surface area (Å²) in [5.74, 6) is 1.38. The van der Waals surface area contributed by atoms with E-state index in [9.17, 15) is 0 Å². The molecule has 0 saturated heterocycles. The van der Waals surface area contributed by atoms with Crippen LogP contribution in [0.1, 0.15) is 42.2 Å². The maximum absolute atomic E-state index is 6.53. The third-order valence-corrected chi connectivity index (χ3v) is 5.17. The highest BCUT2D eigenvalue weighted by atomic mass is 16.5. The standard InChI is InChI=1S/C21H25N3O/c1-13(2)21(15-4-6-19-17(10-15)12-23-24-19)25-20-7-5-16-11-22-9-8-18(16)14(20)3/h4-7,10,12-13,21-22H,8-9,11H2,1-3H3,(H,23,24). The highest BCUT2D eigenvalue weighted by Gasteiger charge is 2.21. The van der Waals surface area contributed by atoms with Crippen molar-refractivity contribution in [3.05, 3.63) is 58.8 Å². The van der Waals surface area contributed by atoms with Gasteiger partial charge in [-0.25, -0.2) is 0 Å². The molecule has 4 heteroatoms. The average Bonchev–Trinajstić information content (AvgIpc) is 3.09. The van der Waals surface area contributed by atoms with E-state index in [1.807, 2.05) is 6.20 Å². The number of H-pyrrole nitrogens is 1. The molecule has 130 valence electrons. The number of fused-ring (bicyclic) bond motifs is 2. The van der Waals surface area contributed by atoms with E-state index in [2.05, 4.69) is 66.6 Å². The second-order valence-corrected chi connectivity index (χ2v) is 7.25. The minimum absolute atomic E-state index is 0.0257. The predicted octanol–water partition coefficient (Wildman–Crippen LogP) is 4.29. The Morgan fingerprint density at radius 3 is 2.88 bits per heavy atom. The lowest BCUT2D eigenvalue weighted by Gasteiger charge is -2.27. The smallest absolute Gasteiger partial charge is 0.126 e. The summed E-state index contributed by atoms with van der Waals surface area (Å²) in [5, 5.41) is 11.7. The second kappa shape index (κ2) is 6.52. The van der Waals surface area contributed by atoms with Gasteiger partial charge in [-0.1, -0.05) is 26.0 Å². The molecule has 0 saturated carbocycles. The SMILES string of the molecule is Cc1c(OC(c2ccc3[nH]ncc3c2)C(C)C)ccc2c1CCNC2. The normalized spacial score (nSPS) is 15.4. The molecule has 1 unspecified atom stereocenters. The fourth-order valence-corrected chi connectivity index (χ4v) is 3.73. The zero-order chi connectivity index (χ0) is 17.4. The molecule has 1 aliphatic heterocycles. The summed E-state index contributed by atoms with van der Waals surface area (Å²) in [7, 11) is 0. The van der Waals surface area contributed by atoms with Gasteiger partial charge in [-0.15, -0.1) is 0 Å². The van der Waals surface area contributed by atoms with Gasteiger partial charge in [0.1, 0.15) is 11.9 Å². The predicted molar refractivity (Wildman–Crippen MR) is 101 cm³/mol. The molecule has 4 nitrogen and oxygen atoms in total. The van der Waals surface area contributed by atoms with Gasteiger partial charge in [0.2, 0.25) is 0 Å². The van der Waals surface area contributed by atoms with Crippen molar-refractivity contribution in [1.29, 1.82) is 0 Å². The molecule has 3 aromatic rings. The number of aromatic nitrogens is 2. The summed E-state index contributed by atoms with van der Waals surface area (Å²) < 4.78 is 6.53. The lowest BCUT2D eigenvalue weighted by molar-refractivity contribution is 0.152. The molecule has 2 N–H and O–H groups in total. The van der Waals surface area contributed by atoms with Crippen LogP contribution in [0.2, 0.25) is 0 Å². The van der Waals surface area contributed by atoms with Crippen molar-refractivity contribution in [3.63, 3.8) is 0 Å². The van der Waals surface area contributed by atoms with Crippen LogP contribution in [0.25, 0.3) is 10.9 Å². The Labute approximate surface area is 148 Å². The molecule has 0 fully saturated rings. The molecule has 2 heterocycles. The van der Waals surface area contributed by atoms with Gasteiger partial charge < -0.3 is 10.1 Å². The third kappa shape index (κ3) is 3.02. The minimum atomic E-state index is 0.0257. The van der Waals surface area contributed by atoms with Crippen LogP contribution in [0.15, 0.2) is 36.5 Å². The molecule has 0 spiro atoms. The van der Waals surface area contributed by atoms with Crippen LogP contribution in [0, 0.1) is 12.8 Å². The fourth-order valence-electron chi connectivity index (χ4n) is 3.73. The van der Waals surface area contributed by atoms with Gasteiger partial charge in [0.05, 0.1) is 11.7 Å². The molecule has 0 amide bonds. The molecular formula is C21H25N3O. The molecule has 1 aromatic heterocycles. The summed E-state index contributed by atoms with van der Waals surface area (Å²) in [6.45, 7) is 8.61. The summed E-state index contributed by atoms with van der Waals surface area (Å²) in [6.07, 6.45) is 2.97. The quantitative estimate of drug-likeness (QED) is 0.747. The summed E-state index contributed by atoms with van der Waals surface area (Å²) in [4.78, 5) is 0. The van der Waals surface area contributed by atoms with E-state index < -0.39 is 0 Å². The molecule has 25 heavy (non-hydrogen) atoms. The van der Waals surface area contributed by atoms with E-state index in [0.717, 1.165) is 36.2 Å². The Balaban J connectivity index is 1.68. The van der Waals surface area contributed by atoms with E-state index in [4.69, 9.17) is 4.74 Å². The Bertz CT molecular complexity index is 897. The highest BCUT2D eigenvalue weighted by molar-refractivity contribution is 5.78. The lowest BCUT2D eigenvalue weighted by atomic mass is 9.94. The number of ether oxygens (including phenoxy) is 1. The Morgan fingerprint density at radius 1 is 1.16 bits per heavy atom. The highest BCUT2D eigenvalue weighted by Crippen LogP contribution is 2.34. The van der Waals surface area contributed by atoms with Crippen molar-refractivity contribution in [3.8, 4) is 5.75 Å². The van der Waals surface area contributed by atoms with Crippen LogP contribution in [-0.4, -0.2) is 16.7 Å². The summed E-state index contributed by atoms with van der Waals surface area (Å²) in [6, 6.07) is 10.7. The van der Waals surface area contributed by atoms with Crippen molar-refractivity contribution in [2.24, 2.45) is 5.92 Å². The Kier molecular flexibility index (Phi) is 4.22. The molecule has 1 aliphatic rings. The Hall–Kier alpha value is -2.33. The first-order chi connectivity index (χ1) is 12.1. The van der Waals surface area contributed by atoms with Crippen molar-refractivity contribution >= 4 is 10.9 Å². The average molecular weight is 335 g/mol. The summed E-state index contributed by atoms with van der Waals surface area (Å²) >= 11 is 0. The first-order valence-electron chi connectivity index (χ1n) is 9.05. The number of hydrogen-bond donors (Lipinski definition) is 2. The molecule has 0 radical (unpaired) electrons. The van der Waals surface area contributed by atoms with Crippen LogP contribution in [0.4, 0.5) is 0 Å². The maximum atomic E-state index is 6.53. The number of benzene rings is 2.